The first-order chi connectivity index (χ1) is 8.09. The van der Waals surface area contributed by atoms with Gasteiger partial charge in [0.05, 0.1) is 5.69 Å². The summed E-state index contributed by atoms with van der Waals surface area (Å²) in [5, 5.41) is 0. The number of pyridine rings is 1. The van der Waals surface area contributed by atoms with Gasteiger partial charge in [0.25, 0.3) is 0 Å². The Balaban J connectivity index is 2.40. The predicted molar refractivity (Wildman–Crippen MR) is 73.7 cm³/mol. The largest absolute Gasteiger partial charge is 0.300 e. The summed E-state index contributed by atoms with van der Waals surface area (Å²) in [6.07, 6.45) is 2.53. The van der Waals surface area contributed by atoms with E-state index in [-0.39, 0.29) is 0 Å². The third-order valence-corrected chi connectivity index (χ3v) is 4.83. The minimum absolute atomic E-state index is 0.597. The Morgan fingerprint density at radius 3 is 2.71 bits per heavy atom. The first-order valence-corrected chi connectivity index (χ1v) is 7.06. The standard InChI is InChI=1S/C14H17BrN2/c1-8-4-5-9(2)14-13(8)16-12-7-6-11(15)10(3)17(12)14/h6-9H,4-5H2,1-3H3. The van der Waals surface area contributed by atoms with Crippen molar-refractivity contribution in [3.63, 3.8) is 0 Å². The average molecular weight is 293 g/mol. The number of fused-ring (bicyclic) bond motifs is 3. The zero-order valence-corrected chi connectivity index (χ0v) is 12.1. The van der Waals surface area contributed by atoms with Gasteiger partial charge in [0.1, 0.15) is 5.65 Å². The van der Waals surface area contributed by atoms with E-state index >= 15 is 0 Å². The summed E-state index contributed by atoms with van der Waals surface area (Å²) in [6, 6.07) is 4.20. The van der Waals surface area contributed by atoms with E-state index in [1.54, 1.807) is 0 Å². The first-order valence-electron chi connectivity index (χ1n) is 6.27. The van der Waals surface area contributed by atoms with E-state index in [9.17, 15) is 0 Å². The van der Waals surface area contributed by atoms with Crippen LogP contribution >= 0.6 is 15.9 Å². The van der Waals surface area contributed by atoms with Crippen molar-refractivity contribution in [2.45, 2.75) is 45.4 Å². The van der Waals surface area contributed by atoms with Gasteiger partial charge in [0.15, 0.2) is 0 Å². The van der Waals surface area contributed by atoms with Crippen molar-refractivity contribution in [1.82, 2.24) is 9.38 Å². The number of halogens is 1. The molecule has 2 aromatic heterocycles. The Morgan fingerprint density at radius 1 is 1.24 bits per heavy atom. The zero-order chi connectivity index (χ0) is 12.2. The lowest BCUT2D eigenvalue weighted by Gasteiger charge is -2.24. The van der Waals surface area contributed by atoms with Crippen LogP contribution in [0.25, 0.3) is 5.65 Å². The molecule has 3 heteroatoms. The van der Waals surface area contributed by atoms with Gasteiger partial charge in [-0.15, -0.1) is 0 Å². The minimum atomic E-state index is 0.597. The molecule has 0 amide bonds. The Labute approximate surface area is 110 Å². The van der Waals surface area contributed by atoms with Crippen molar-refractivity contribution >= 4 is 21.6 Å². The van der Waals surface area contributed by atoms with E-state index in [1.807, 2.05) is 0 Å². The van der Waals surface area contributed by atoms with Crippen molar-refractivity contribution < 1.29 is 0 Å². The van der Waals surface area contributed by atoms with Crippen molar-refractivity contribution in [3.8, 4) is 0 Å². The second-order valence-electron chi connectivity index (χ2n) is 5.22. The molecule has 0 fully saturated rings. The molecule has 0 saturated carbocycles. The average Bonchev–Trinajstić information content (AvgIpc) is 2.70. The van der Waals surface area contributed by atoms with Crippen molar-refractivity contribution in [2.24, 2.45) is 0 Å². The van der Waals surface area contributed by atoms with Crippen LogP contribution in [0.1, 0.15) is 55.6 Å². The number of hydrogen-bond acceptors (Lipinski definition) is 1. The zero-order valence-electron chi connectivity index (χ0n) is 10.5. The van der Waals surface area contributed by atoms with Gasteiger partial charge in [0, 0.05) is 21.8 Å². The molecule has 0 N–H and O–H groups in total. The van der Waals surface area contributed by atoms with Crippen LogP contribution in [0, 0.1) is 6.92 Å². The van der Waals surface area contributed by atoms with E-state index in [1.165, 1.54) is 29.9 Å². The molecule has 17 heavy (non-hydrogen) atoms. The second-order valence-corrected chi connectivity index (χ2v) is 6.08. The monoisotopic (exact) mass is 292 g/mol. The maximum Gasteiger partial charge on any atom is 0.137 e. The Kier molecular flexibility index (Phi) is 2.54. The highest BCUT2D eigenvalue weighted by atomic mass is 79.9. The third kappa shape index (κ3) is 1.55. The van der Waals surface area contributed by atoms with Crippen molar-refractivity contribution in [1.29, 1.82) is 0 Å². The summed E-state index contributed by atoms with van der Waals surface area (Å²) >= 11 is 3.62. The van der Waals surface area contributed by atoms with Crippen LogP contribution in [0.2, 0.25) is 0 Å². The van der Waals surface area contributed by atoms with Gasteiger partial charge < -0.3 is 0 Å². The Hall–Kier alpha value is -0.830. The van der Waals surface area contributed by atoms with Gasteiger partial charge in [-0.25, -0.2) is 4.98 Å². The quantitative estimate of drug-likeness (QED) is 0.703. The molecule has 0 saturated heterocycles. The highest BCUT2D eigenvalue weighted by Crippen LogP contribution is 2.39. The lowest BCUT2D eigenvalue weighted by atomic mass is 9.85. The molecule has 2 heterocycles. The van der Waals surface area contributed by atoms with Crippen LogP contribution in [0.5, 0.6) is 0 Å². The summed E-state index contributed by atoms with van der Waals surface area (Å²) in [7, 11) is 0. The third-order valence-electron chi connectivity index (χ3n) is 3.99. The summed E-state index contributed by atoms with van der Waals surface area (Å²) in [5.74, 6) is 1.21. The lowest BCUT2D eigenvalue weighted by Crippen LogP contribution is -2.12. The van der Waals surface area contributed by atoms with E-state index < -0.39 is 0 Å². The maximum atomic E-state index is 4.83. The SMILES string of the molecule is Cc1c(Br)ccc2nc3c(n12)C(C)CCC3C. The van der Waals surface area contributed by atoms with Crippen molar-refractivity contribution in [2.75, 3.05) is 0 Å². The molecule has 2 unspecified atom stereocenters. The molecule has 90 valence electrons. The maximum absolute atomic E-state index is 4.83. The highest BCUT2D eigenvalue weighted by molar-refractivity contribution is 9.10. The summed E-state index contributed by atoms with van der Waals surface area (Å²) in [5.41, 5.74) is 5.09. The van der Waals surface area contributed by atoms with Gasteiger partial charge in [-0.3, -0.25) is 4.40 Å². The fraction of sp³-hybridized carbons (Fsp3) is 0.500. The number of imidazole rings is 1. The topological polar surface area (TPSA) is 17.3 Å². The van der Waals surface area contributed by atoms with Crippen LogP contribution < -0.4 is 0 Å². The van der Waals surface area contributed by atoms with Gasteiger partial charge in [0.2, 0.25) is 0 Å². The molecule has 0 radical (unpaired) electrons. The second kappa shape index (κ2) is 3.84. The van der Waals surface area contributed by atoms with Crippen LogP contribution in [-0.2, 0) is 0 Å². The number of aryl methyl sites for hydroxylation is 1. The lowest BCUT2D eigenvalue weighted by molar-refractivity contribution is 0.507. The number of aromatic nitrogens is 2. The highest BCUT2D eigenvalue weighted by Gasteiger charge is 2.27. The van der Waals surface area contributed by atoms with Gasteiger partial charge in [-0.05, 0) is 53.7 Å². The summed E-state index contributed by atoms with van der Waals surface area (Å²) < 4.78 is 3.50. The molecule has 0 bridgehead atoms. The molecular weight excluding hydrogens is 276 g/mol. The molecule has 1 aliphatic rings. The molecule has 2 nitrogen and oxygen atoms in total. The Bertz CT molecular complexity index is 585. The van der Waals surface area contributed by atoms with Crippen LogP contribution in [0.15, 0.2) is 16.6 Å². The fourth-order valence-corrected chi connectivity index (χ4v) is 3.23. The molecule has 1 aliphatic carbocycles. The normalized spacial score (nSPS) is 24.0. The van der Waals surface area contributed by atoms with Gasteiger partial charge in [-0.1, -0.05) is 13.8 Å². The smallest absolute Gasteiger partial charge is 0.137 e. The molecule has 0 aromatic carbocycles. The number of rotatable bonds is 0. The van der Waals surface area contributed by atoms with Crippen molar-refractivity contribution in [3.05, 3.63) is 33.7 Å². The van der Waals surface area contributed by atoms with Crippen LogP contribution in [-0.4, -0.2) is 9.38 Å². The Morgan fingerprint density at radius 2 is 1.94 bits per heavy atom. The molecule has 2 aromatic rings. The first kappa shape index (κ1) is 11.3. The molecular formula is C14H17BrN2. The molecule has 0 spiro atoms. The fourth-order valence-electron chi connectivity index (χ4n) is 2.92. The molecule has 3 rings (SSSR count). The minimum Gasteiger partial charge on any atom is -0.300 e. The number of nitrogens with zero attached hydrogens (tertiary/aromatic N) is 2. The van der Waals surface area contributed by atoms with Crippen LogP contribution in [0.3, 0.4) is 0 Å². The van der Waals surface area contributed by atoms with Gasteiger partial charge >= 0.3 is 0 Å². The predicted octanol–water partition coefficient (Wildman–Crippen LogP) is 4.41. The molecule has 2 atom stereocenters. The summed E-state index contributed by atoms with van der Waals surface area (Å²) in [6.45, 7) is 6.77. The van der Waals surface area contributed by atoms with E-state index in [4.69, 9.17) is 4.98 Å². The van der Waals surface area contributed by atoms with E-state index in [2.05, 4.69) is 53.2 Å². The number of hydrogen-bond donors (Lipinski definition) is 0. The van der Waals surface area contributed by atoms with E-state index in [0.717, 1.165) is 10.1 Å². The molecule has 0 aliphatic heterocycles. The van der Waals surface area contributed by atoms with E-state index in [0.29, 0.717) is 11.8 Å². The summed E-state index contributed by atoms with van der Waals surface area (Å²) in [4.78, 5) is 4.83. The van der Waals surface area contributed by atoms with Crippen LogP contribution in [0.4, 0.5) is 0 Å². The van der Waals surface area contributed by atoms with Gasteiger partial charge in [-0.2, -0.15) is 0 Å².